The molecule has 18 heavy (non-hydrogen) atoms. The molecule has 0 spiro atoms. The molecule has 0 radical (unpaired) electrons. The van der Waals surface area contributed by atoms with Gasteiger partial charge in [0, 0.05) is 11.9 Å². The standard InChI is InChI=1S/C14H16N4/c15-14-16-9-8-13(18-14)17-12-7-3-5-10-4-1-2-6-11(10)12/h3,5,7-9H,1-2,4,6H2,(H3,15,16,17,18). The van der Waals surface area contributed by atoms with Gasteiger partial charge >= 0.3 is 0 Å². The molecule has 1 aliphatic rings. The van der Waals surface area contributed by atoms with E-state index in [9.17, 15) is 0 Å². The summed E-state index contributed by atoms with van der Waals surface area (Å²) in [4.78, 5) is 8.07. The Labute approximate surface area is 106 Å². The maximum absolute atomic E-state index is 5.59. The lowest BCUT2D eigenvalue weighted by molar-refractivity contribution is 0.687. The second kappa shape index (κ2) is 4.64. The molecular weight excluding hydrogens is 224 g/mol. The van der Waals surface area contributed by atoms with Crippen LogP contribution in [0.15, 0.2) is 30.5 Å². The first-order valence-corrected chi connectivity index (χ1v) is 6.29. The zero-order chi connectivity index (χ0) is 12.4. The summed E-state index contributed by atoms with van der Waals surface area (Å²) in [6, 6.07) is 8.24. The van der Waals surface area contributed by atoms with Crippen LogP contribution in [0.2, 0.25) is 0 Å². The summed E-state index contributed by atoms with van der Waals surface area (Å²) in [6.07, 6.45) is 6.53. The van der Waals surface area contributed by atoms with Crippen LogP contribution in [0.3, 0.4) is 0 Å². The summed E-state index contributed by atoms with van der Waals surface area (Å²) in [7, 11) is 0. The molecule has 2 aromatic rings. The topological polar surface area (TPSA) is 63.8 Å². The van der Waals surface area contributed by atoms with E-state index in [1.54, 1.807) is 6.20 Å². The Morgan fingerprint density at radius 3 is 2.89 bits per heavy atom. The lowest BCUT2D eigenvalue weighted by Gasteiger charge is -2.19. The molecule has 0 amide bonds. The van der Waals surface area contributed by atoms with Crippen molar-refractivity contribution in [1.82, 2.24) is 9.97 Å². The Morgan fingerprint density at radius 2 is 2.00 bits per heavy atom. The number of nitrogens with one attached hydrogen (secondary N) is 1. The largest absolute Gasteiger partial charge is 0.368 e. The third-order valence-electron chi connectivity index (χ3n) is 3.33. The second-order valence-corrected chi connectivity index (χ2v) is 4.58. The van der Waals surface area contributed by atoms with Crippen LogP contribution in [0.25, 0.3) is 0 Å². The molecule has 3 N–H and O–H groups in total. The normalized spacial score (nSPS) is 14.0. The average molecular weight is 240 g/mol. The van der Waals surface area contributed by atoms with Crippen LogP contribution in [0.5, 0.6) is 0 Å². The van der Waals surface area contributed by atoms with Crippen LogP contribution < -0.4 is 11.1 Å². The first-order chi connectivity index (χ1) is 8.83. The van der Waals surface area contributed by atoms with Crippen LogP contribution >= 0.6 is 0 Å². The van der Waals surface area contributed by atoms with Crippen LogP contribution in [-0.4, -0.2) is 9.97 Å². The van der Waals surface area contributed by atoms with Crippen molar-refractivity contribution in [3.05, 3.63) is 41.6 Å². The molecule has 0 atom stereocenters. The van der Waals surface area contributed by atoms with Crippen molar-refractivity contribution in [2.24, 2.45) is 0 Å². The SMILES string of the molecule is Nc1nccc(Nc2cccc3c2CCCC3)n1. The lowest BCUT2D eigenvalue weighted by Crippen LogP contribution is -2.07. The van der Waals surface area contributed by atoms with Crippen molar-refractivity contribution >= 4 is 17.5 Å². The molecule has 1 aliphatic carbocycles. The smallest absolute Gasteiger partial charge is 0.221 e. The van der Waals surface area contributed by atoms with Gasteiger partial charge in [-0.3, -0.25) is 0 Å². The van der Waals surface area contributed by atoms with Crippen LogP contribution in [0, 0.1) is 0 Å². The molecule has 0 saturated heterocycles. The Hall–Kier alpha value is -2.10. The predicted molar refractivity (Wildman–Crippen MR) is 72.8 cm³/mol. The maximum Gasteiger partial charge on any atom is 0.221 e. The molecule has 3 rings (SSSR count). The molecule has 1 aromatic carbocycles. The maximum atomic E-state index is 5.59. The van der Waals surface area contributed by atoms with Gasteiger partial charge in [0.05, 0.1) is 0 Å². The number of hydrogen-bond donors (Lipinski definition) is 2. The Kier molecular flexibility index (Phi) is 2.84. The van der Waals surface area contributed by atoms with E-state index in [1.165, 1.54) is 30.4 Å². The predicted octanol–water partition coefficient (Wildman–Crippen LogP) is 2.68. The molecule has 0 aliphatic heterocycles. The fourth-order valence-corrected chi connectivity index (χ4v) is 2.48. The number of aromatic nitrogens is 2. The number of rotatable bonds is 2. The monoisotopic (exact) mass is 240 g/mol. The summed E-state index contributed by atoms with van der Waals surface area (Å²) in [5, 5.41) is 3.34. The van der Waals surface area contributed by atoms with Crippen molar-refractivity contribution < 1.29 is 0 Å². The van der Waals surface area contributed by atoms with Gasteiger partial charge in [-0.1, -0.05) is 12.1 Å². The Balaban J connectivity index is 1.93. The number of nitrogen functional groups attached to an aromatic ring is 1. The summed E-state index contributed by atoms with van der Waals surface area (Å²) in [5.41, 5.74) is 9.60. The van der Waals surface area contributed by atoms with Gasteiger partial charge in [-0.2, -0.15) is 4.98 Å². The van der Waals surface area contributed by atoms with Crippen molar-refractivity contribution in [3.63, 3.8) is 0 Å². The van der Waals surface area contributed by atoms with E-state index in [4.69, 9.17) is 5.73 Å². The molecule has 0 bridgehead atoms. The molecule has 0 unspecified atom stereocenters. The fourth-order valence-electron chi connectivity index (χ4n) is 2.48. The van der Waals surface area contributed by atoms with Gasteiger partial charge in [-0.05, 0) is 48.9 Å². The minimum absolute atomic E-state index is 0.296. The molecular formula is C14H16N4. The third-order valence-corrected chi connectivity index (χ3v) is 3.33. The number of hydrogen-bond acceptors (Lipinski definition) is 4. The van der Waals surface area contributed by atoms with Crippen LogP contribution in [-0.2, 0) is 12.8 Å². The van der Waals surface area contributed by atoms with Gasteiger partial charge in [0.25, 0.3) is 0 Å². The van der Waals surface area contributed by atoms with Crippen molar-refractivity contribution in [1.29, 1.82) is 0 Å². The van der Waals surface area contributed by atoms with Gasteiger partial charge in [0.1, 0.15) is 5.82 Å². The quantitative estimate of drug-likeness (QED) is 0.847. The van der Waals surface area contributed by atoms with Gasteiger partial charge in [0.2, 0.25) is 5.95 Å². The Morgan fingerprint density at radius 1 is 1.11 bits per heavy atom. The zero-order valence-electron chi connectivity index (χ0n) is 10.2. The van der Waals surface area contributed by atoms with E-state index in [1.807, 2.05) is 6.07 Å². The van der Waals surface area contributed by atoms with E-state index in [0.717, 1.165) is 17.9 Å². The number of aryl methyl sites for hydroxylation is 1. The van der Waals surface area contributed by atoms with Crippen molar-refractivity contribution in [2.45, 2.75) is 25.7 Å². The van der Waals surface area contributed by atoms with E-state index < -0.39 is 0 Å². The Bertz CT molecular complexity index is 565. The van der Waals surface area contributed by atoms with E-state index >= 15 is 0 Å². The van der Waals surface area contributed by atoms with E-state index in [-0.39, 0.29) is 0 Å². The summed E-state index contributed by atoms with van der Waals surface area (Å²) >= 11 is 0. The van der Waals surface area contributed by atoms with Gasteiger partial charge < -0.3 is 11.1 Å². The lowest BCUT2D eigenvalue weighted by atomic mass is 9.90. The first kappa shape index (κ1) is 11.0. The highest BCUT2D eigenvalue weighted by Crippen LogP contribution is 2.29. The van der Waals surface area contributed by atoms with Crippen molar-refractivity contribution in [2.75, 3.05) is 11.1 Å². The summed E-state index contributed by atoms with van der Waals surface area (Å²) in [6.45, 7) is 0. The minimum Gasteiger partial charge on any atom is -0.368 e. The molecule has 0 fully saturated rings. The molecule has 4 nitrogen and oxygen atoms in total. The zero-order valence-corrected chi connectivity index (χ0v) is 10.2. The van der Waals surface area contributed by atoms with Crippen LogP contribution in [0.4, 0.5) is 17.5 Å². The number of benzene rings is 1. The molecule has 4 heteroatoms. The fraction of sp³-hybridized carbons (Fsp3) is 0.286. The average Bonchev–Trinajstić information content (AvgIpc) is 2.39. The van der Waals surface area contributed by atoms with Crippen molar-refractivity contribution in [3.8, 4) is 0 Å². The highest BCUT2D eigenvalue weighted by molar-refractivity contribution is 5.63. The van der Waals surface area contributed by atoms with Gasteiger partial charge in [0.15, 0.2) is 0 Å². The number of anilines is 3. The highest BCUT2D eigenvalue weighted by atomic mass is 15.1. The van der Waals surface area contributed by atoms with E-state index in [0.29, 0.717) is 5.95 Å². The first-order valence-electron chi connectivity index (χ1n) is 6.29. The van der Waals surface area contributed by atoms with Gasteiger partial charge in [-0.25, -0.2) is 4.98 Å². The second-order valence-electron chi connectivity index (χ2n) is 4.58. The molecule has 0 saturated carbocycles. The van der Waals surface area contributed by atoms with Crippen LogP contribution in [0.1, 0.15) is 24.0 Å². The third kappa shape index (κ3) is 2.14. The number of nitrogens with zero attached hydrogens (tertiary/aromatic N) is 2. The highest BCUT2D eigenvalue weighted by Gasteiger charge is 2.13. The summed E-state index contributed by atoms with van der Waals surface area (Å²) in [5.74, 6) is 1.05. The number of nitrogens with two attached hydrogens (primary N) is 1. The molecule has 92 valence electrons. The van der Waals surface area contributed by atoms with E-state index in [2.05, 4.69) is 33.5 Å². The molecule has 1 aromatic heterocycles. The number of fused-ring (bicyclic) bond motifs is 1. The molecule has 1 heterocycles. The minimum atomic E-state index is 0.296. The summed E-state index contributed by atoms with van der Waals surface area (Å²) < 4.78 is 0. The van der Waals surface area contributed by atoms with Gasteiger partial charge in [-0.15, -0.1) is 0 Å².